The number of aromatic nitrogens is 2. The summed E-state index contributed by atoms with van der Waals surface area (Å²) in [6.07, 6.45) is 3.88. The summed E-state index contributed by atoms with van der Waals surface area (Å²) in [6, 6.07) is 0.671. The molecular formula is C19H29N5O5. The molecule has 10 heteroatoms. The molecule has 3 amide bonds. The number of hydrogen-bond acceptors (Lipinski definition) is 5. The van der Waals surface area contributed by atoms with Crippen molar-refractivity contribution in [3.8, 4) is 0 Å². The fraction of sp³-hybridized carbons (Fsp3) is 0.684. The zero-order valence-corrected chi connectivity index (χ0v) is 16.8. The van der Waals surface area contributed by atoms with E-state index in [9.17, 15) is 19.5 Å². The molecule has 2 atom stereocenters. The number of aliphatic hydroxyl groups is 1. The Hall–Kier alpha value is -2.62. The maximum Gasteiger partial charge on any atom is 0.405 e. The van der Waals surface area contributed by atoms with Gasteiger partial charge in [0.15, 0.2) is 11.9 Å². The van der Waals surface area contributed by atoms with Crippen LogP contribution in [0.5, 0.6) is 0 Å². The second-order valence-corrected chi connectivity index (χ2v) is 8.64. The minimum absolute atomic E-state index is 0.0772. The number of anilines is 1. The zero-order chi connectivity index (χ0) is 21.2. The summed E-state index contributed by atoms with van der Waals surface area (Å²) in [5.41, 5.74) is -1.18. The number of nitrogens with one attached hydrogen (secondary N) is 3. The van der Waals surface area contributed by atoms with E-state index in [0.717, 1.165) is 25.7 Å². The van der Waals surface area contributed by atoms with Crippen molar-refractivity contribution in [3.63, 3.8) is 0 Å². The van der Waals surface area contributed by atoms with Crippen LogP contribution in [0, 0.1) is 5.41 Å². The van der Waals surface area contributed by atoms with E-state index in [4.69, 9.17) is 5.11 Å². The second-order valence-electron chi connectivity index (χ2n) is 8.64. The van der Waals surface area contributed by atoms with Crippen LogP contribution in [-0.2, 0) is 16.6 Å². The van der Waals surface area contributed by atoms with Gasteiger partial charge in [0, 0.05) is 19.3 Å². The highest BCUT2D eigenvalue weighted by atomic mass is 16.4. The molecule has 10 nitrogen and oxygen atoms in total. The average molecular weight is 407 g/mol. The minimum atomic E-state index is -1.47. The van der Waals surface area contributed by atoms with Gasteiger partial charge in [-0.2, -0.15) is 5.10 Å². The van der Waals surface area contributed by atoms with Crippen LogP contribution in [0.2, 0.25) is 0 Å². The van der Waals surface area contributed by atoms with E-state index in [1.165, 1.54) is 4.68 Å². The highest BCUT2D eigenvalue weighted by molar-refractivity contribution is 5.95. The second kappa shape index (κ2) is 8.02. The van der Waals surface area contributed by atoms with Crippen LogP contribution in [0.1, 0.15) is 51.9 Å². The molecule has 2 saturated carbocycles. The van der Waals surface area contributed by atoms with Crippen molar-refractivity contribution >= 4 is 23.7 Å². The van der Waals surface area contributed by atoms with Crippen molar-refractivity contribution in [1.82, 2.24) is 20.4 Å². The number of amides is 3. The van der Waals surface area contributed by atoms with E-state index in [-0.39, 0.29) is 5.41 Å². The molecule has 2 fully saturated rings. The molecule has 1 unspecified atom stereocenters. The molecule has 1 aromatic rings. The Morgan fingerprint density at radius 2 is 1.86 bits per heavy atom. The molecule has 0 radical (unpaired) electrons. The summed E-state index contributed by atoms with van der Waals surface area (Å²) in [5.74, 6) is -0.858. The third-order valence-corrected chi connectivity index (χ3v) is 6.23. The Bertz CT molecular complexity index is 784. The fourth-order valence-electron chi connectivity index (χ4n) is 4.12. The predicted molar refractivity (Wildman–Crippen MR) is 104 cm³/mol. The first-order valence-corrected chi connectivity index (χ1v) is 9.93. The minimum Gasteiger partial charge on any atom is -0.465 e. The number of nitrogens with zero attached hydrogens (tertiary/aromatic N) is 2. The molecule has 0 spiro atoms. The van der Waals surface area contributed by atoms with Gasteiger partial charge in [-0.1, -0.05) is 13.3 Å². The topological polar surface area (TPSA) is 146 Å². The first-order chi connectivity index (χ1) is 13.6. The zero-order valence-electron chi connectivity index (χ0n) is 16.8. The van der Waals surface area contributed by atoms with Crippen LogP contribution in [0.25, 0.3) is 0 Å². The lowest BCUT2D eigenvalue weighted by molar-refractivity contribution is -0.137. The number of aliphatic hydroxyl groups excluding tert-OH is 1. The fourth-order valence-corrected chi connectivity index (χ4v) is 4.12. The molecule has 0 aliphatic heterocycles. The van der Waals surface area contributed by atoms with Crippen molar-refractivity contribution in [2.75, 3.05) is 5.32 Å². The summed E-state index contributed by atoms with van der Waals surface area (Å²) in [4.78, 5) is 36.6. The lowest BCUT2D eigenvalue weighted by Crippen LogP contribution is -2.66. The lowest BCUT2D eigenvalue weighted by atomic mass is 9.66. The number of aryl methyl sites for hydroxylation is 1. The molecule has 160 valence electrons. The largest absolute Gasteiger partial charge is 0.465 e. The molecule has 2 aliphatic rings. The van der Waals surface area contributed by atoms with Gasteiger partial charge in [-0.05, 0) is 43.9 Å². The molecule has 1 aromatic heterocycles. The Morgan fingerprint density at radius 3 is 2.31 bits per heavy atom. The molecule has 29 heavy (non-hydrogen) atoms. The van der Waals surface area contributed by atoms with Gasteiger partial charge in [-0.15, -0.1) is 0 Å². The summed E-state index contributed by atoms with van der Waals surface area (Å²) >= 11 is 0. The lowest BCUT2D eigenvalue weighted by Gasteiger charge is -2.46. The third kappa shape index (κ3) is 4.69. The molecule has 0 aromatic carbocycles. The van der Waals surface area contributed by atoms with Crippen molar-refractivity contribution < 1.29 is 24.6 Å². The number of rotatable bonds is 8. The smallest absolute Gasteiger partial charge is 0.405 e. The number of carbonyl (C=O) groups is 3. The van der Waals surface area contributed by atoms with Crippen molar-refractivity contribution in [2.45, 2.75) is 69.6 Å². The van der Waals surface area contributed by atoms with Gasteiger partial charge in [0.2, 0.25) is 5.91 Å². The van der Waals surface area contributed by atoms with Gasteiger partial charge in [0.1, 0.15) is 6.04 Å². The normalized spacial score (nSPS) is 21.1. The van der Waals surface area contributed by atoms with E-state index >= 15 is 0 Å². The predicted octanol–water partition coefficient (Wildman–Crippen LogP) is 0.975. The first kappa shape index (κ1) is 21.1. The Balaban J connectivity index is 1.67. The van der Waals surface area contributed by atoms with Gasteiger partial charge in [0.25, 0.3) is 5.91 Å². The van der Waals surface area contributed by atoms with Crippen LogP contribution < -0.4 is 16.0 Å². The van der Waals surface area contributed by atoms with Gasteiger partial charge in [0.05, 0.1) is 5.54 Å². The van der Waals surface area contributed by atoms with Crippen LogP contribution in [0.15, 0.2) is 12.3 Å². The quantitative estimate of drug-likeness (QED) is 0.434. The molecular weight excluding hydrogens is 378 g/mol. The maximum atomic E-state index is 12.9. The summed E-state index contributed by atoms with van der Waals surface area (Å²) < 4.78 is 1.52. The van der Waals surface area contributed by atoms with Gasteiger partial charge in [-0.3, -0.25) is 14.3 Å². The number of carbonyl (C=O) groups excluding carboxylic acids is 2. The van der Waals surface area contributed by atoms with E-state index in [0.29, 0.717) is 25.1 Å². The Morgan fingerprint density at radius 1 is 1.21 bits per heavy atom. The van der Waals surface area contributed by atoms with E-state index in [1.807, 2.05) is 6.92 Å². The highest BCUT2D eigenvalue weighted by Gasteiger charge is 2.49. The summed E-state index contributed by atoms with van der Waals surface area (Å²) in [5, 5.41) is 31.5. The number of carboxylic acid groups (broad SMARTS) is 1. The number of hydrogen-bond donors (Lipinski definition) is 5. The van der Waals surface area contributed by atoms with Crippen LogP contribution in [-0.4, -0.2) is 55.6 Å². The molecule has 5 N–H and O–H groups in total. The summed E-state index contributed by atoms with van der Waals surface area (Å²) in [7, 11) is 1.71. The van der Waals surface area contributed by atoms with Crippen molar-refractivity contribution in [2.24, 2.45) is 12.5 Å². The van der Waals surface area contributed by atoms with Gasteiger partial charge >= 0.3 is 6.09 Å². The molecule has 0 saturated heterocycles. The molecule has 0 bridgehead atoms. The van der Waals surface area contributed by atoms with E-state index in [1.54, 1.807) is 19.3 Å². The van der Waals surface area contributed by atoms with Gasteiger partial charge < -0.3 is 26.2 Å². The Kier molecular flexibility index (Phi) is 5.83. The molecule has 2 aliphatic carbocycles. The van der Waals surface area contributed by atoms with E-state index < -0.39 is 35.6 Å². The maximum absolute atomic E-state index is 12.9. The van der Waals surface area contributed by atoms with Crippen molar-refractivity contribution in [1.29, 1.82) is 0 Å². The van der Waals surface area contributed by atoms with Crippen molar-refractivity contribution in [3.05, 3.63) is 12.3 Å². The molecule has 3 rings (SSSR count). The summed E-state index contributed by atoms with van der Waals surface area (Å²) in [6.45, 7) is 2.04. The van der Waals surface area contributed by atoms with E-state index in [2.05, 4.69) is 21.0 Å². The highest BCUT2D eigenvalue weighted by Crippen LogP contribution is 2.44. The first-order valence-electron chi connectivity index (χ1n) is 9.93. The van der Waals surface area contributed by atoms with Gasteiger partial charge in [-0.25, -0.2) is 4.79 Å². The van der Waals surface area contributed by atoms with Crippen LogP contribution >= 0.6 is 0 Å². The van der Waals surface area contributed by atoms with Crippen LogP contribution in [0.3, 0.4) is 0 Å². The standard InChI is InChI=1S/C19H29N5O5/c1-18(6-3-7-18)11-12(20-17(28)29)15(26)22-19(8-4-9-19)14(25)16(27)21-13-5-10-24(2)23-13/h5,10,12,14,20,25H,3-4,6-9,11H2,1-2H3,(H,22,26)(H,28,29)(H,21,23,27)/t12-,14?/m0/s1. The Labute approximate surface area is 169 Å². The monoisotopic (exact) mass is 407 g/mol. The van der Waals surface area contributed by atoms with Crippen LogP contribution in [0.4, 0.5) is 10.6 Å². The SMILES string of the molecule is Cn1ccc(NC(=O)C(O)C2(NC(=O)[C@H](CC3(C)CCC3)NC(=O)O)CCC2)n1. The molecule has 1 heterocycles. The average Bonchev–Trinajstić information content (AvgIpc) is 2.99. The third-order valence-electron chi connectivity index (χ3n) is 6.23.